The van der Waals surface area contributed by atoms with E-state index in [9.17, 15) is 0 Å². The molecule has 0 bridgehead atoms. The van der Waals surface area contributed by atoms with Crippen LogP contribution in [0, 0.1) is 20.8 Å². The maximum Gasteiger partial charge on any atom is 0.208 e. The molecule has 0 aliphatic rings. The molecule has 0 amide bonds. The molecule has 3 aromatic rings. The maximum atomic E-state index is 4.91. The predicted molar refractivity (Wildman–Crippen MR) is 124 cm³/mol. The van der Waals surface area contributed by atoms with Crippen molar-refractivity contribution in [2.45, 2.75) is 60.3 Å². The van der Waals surface area contributed by atoms with Gasteiger partial charge in [-0.15, -0.1) is 0 Å². The van der Waals surface area contributed by atoms with Crippen LogP contribution in [0.25, 0.3) is 11.0 Å². The van der Waals surface area contributed by atoms with E-state index in [1.807, 2.05) is 13.8 Å². The third kappa shape index (κ3) is 4.55. The van der Waals surface area contributed by atoms with Gasteiger partial charge < -0.3 is 14.8 Å². The van der Waals surface area contributed by atoms with Gasteiger partial charge in [0, 0.05) is 25.8 Å². The van der Waals surface area contributed by atoms with Crippen LogP contribution in [0.5, 0.6) is 0 Å². The van der Waals surface area contributed by atoms with E-state index in [1.54, 1.807) is 0 Å². The predicted octanol–water partition coefficient (Wildman–Crippen LogP) is 6.04. The minimum absolute atomic E-state index is 0.857. The largest absolute Gasteiger partial charge is 0.370 e. The van der Waals surface area contributed by atoms with Gasteiger partial charge >= 0.3 is 0 Å². The van der Waals surface area contributed by atoms with Crippen molar-refractivity contribution in [1.82, 2.24) is 14.5 Å². The Morgan fingerprint density at radius 2 is 1.69 bits per heavy atom. The van der Waals surface area contributed by atoms with Gasteiger partial charge in [-0.3, -0.25) is 4.98 Å². The molecule has 0 saturated carbocycles. The third-order valence-corrected chi connectivity index (χ3v) is 5.54. The van der Waals surface area contributed by atoms with E-state index in [-0.39, 0.29) is 0 Å². The van der Waals surface area contributed by atoms with Crippen LogP contribution in [0.1, 0.15) is 56.5 Å². The second kappa shape index (κ2) is 9.29. The Labute approximate surface area is 175 Å². The van der Waals surface area contributed by atoms with E-state index >= 15 is 0 Å². The first kappa shape index (κ1) is 21.2. The zero-order valence-electron chi connectivity index (χ0n) is 18.8. The zero-order valence-corrected chi connectivity index (χ0v) is 18.8. The number of pyridine rings is 1. The zero-order chi connectivity index (χ0) is 21.0. The lowest BCUT2D eigenvalue weighted by Crippen LogP contribution is -2.26. The Kier molecular flexibility index (Phi) is 6.78. The highest BCUT2D eigenvalue weighted by atomic mass is 15.2. The molecule has 5 nitrogen and oxygen atoms in total. The van der Waals surface area contributed by atoms with Gasteiger partial charge in [-0.1, -0.05) is 32.8 Å². The summed E-state index contributed by atoms with van der Waals surface area (Å²) in [5.41, 5.74) is 7.78. The van der Waals surface area contributed by atoms with Gasteiger partial charge in [-0.25, -0.2) is 4.98 Å². The minimum atomic E-state index is 0.857. The number of anilines is 3. The molecule has 29 heavy (non-hydrogen) atoms. The number of hydrogen-bond donors (Lipinski definition) is 1. The Hall–Kier alpha value is -2.56. The van der Waals surface area contributed by atoms with E-state index in [2.05, 4.69) is 71.9 Å². The maximum absolute atomic E-state index is 4.91. The minimum Gasteiger partial charge on any atom is -0.370 e. The number of aromatic nitrogens is 3. The lowest BCUT2D eigenvalue weighted by molar-refractivity contribution is 0.678. The molecular formula is C24H35N5. The van der Waals surface area contributed by atoms with E-state index in [1.165, 1.54) is 42.5 Å². The summed E-state index contributed by atoms with van der Waals surface area (Å²) in [7, 11) is 2.10. The number of aryl methyl sites for hydroxylation is 4. The number of unbranched alkanes of at least 4 members (excludes halogenated alkanes) is 2. The van der Waals surface area contributed by atoms with Crippen molar-refractivity contribution in [3.8, 4) is 0 Å². The molecule has 0 spiro atoms. The average molecular weight is 394 g/mol. The van der Waals surface area contributed by atoms with Gasteiger partial charge in [0.25, 0.3) is 0 Å². The highest BCUT2D eigenvalue weighted by molar-refractivity contribution is 5.91. The quantitative estimate of drug-likeness (QED) is 0.481. The van der Waals surface area contributed by atoms with E-state index in [0.717, 1.165) is 41.6 Å². The van der Waals surface area contributed by atoms with Crippen molar-refractivity contribution in [3.05, 3.63) is 41.2 Å². The summed E-state index contributed by atoms with van der Waals surface area (Å²) in [5, 5.41) is 3.55. The Balaban J connectivity index is 2.02. The van der Waals surface area contributed by atoms with Gasteiger partial charge in [-0.05, 0) is 57.4 Å². The van der Waals surface area contributed by atoms with Crippen LogP contribution in [0.2, 0.25) is 0 Å². The van der Waals surface area contributed by atoms with Gasteiger partial charge in [0.05, 0.1) is 28.1 Å². The van der Waals surface area contributed by atoms with Crippen LogP contribution in [0.4, 0.5) is 17.3 Å². The highest BCUT2D eigenvalue weighted by Gasteiger charge is 2.17. The summed E-state index contributed by atoms with van der Waals surface area (Å²) in [4.78, 5) is 12.1. The van der Waals surface area contributed by atoms with Gasteiger partial charge in [0.1, 0.15) is 0 Å². The summed E-state index contributed by atoms with van der Waals surface area (Å²) < 4.78 is 2.19. The number of para-hydroxylation sites is 1. The summed E-state index contributed by atoms with van der Waals surface area (Å²) in [6, 6.07) is 8.59. The molecule has 2 aromatic heterocycles. The van der Waals surface area contributed by atoms with Gasteiger partial charge in [0.2, 0.25) is 5.95 Å². The second-order valence-corrected chi connectivity index (χ2v) is 8.00. The molecule has 0 fully saturated rings. The topological polar surface area (TPSA) is 46.0 Å². The first-order valence-corrected chi connectivity index (χ1v) is 10.9. The lowest BCUT2D eigenvalue weighted by atomic mass is 10.1. The summed E-state index contributed by atoms with van der Waals surface area (Å²) in [6.45, 7) is 12.9. The second-order valence-electron chi connectivity index (χ2n) is 8.00. The molecule has 0 unspecified atom stereocenters. The Morgan fingerprint density at radius 1 is 1.00 bits per heavy atom. The Bertz CT molecular complexity index is 942. The van der Waals surface area contributed by atoms with Crippen LogP contribution >= 0.6 is 0 Å². The van der Waals surface area contributed by atoms with Crippen LogP contribution in [0.15, 0.2) is 24.3 Å². The first-order valence-electron chi connectivity index (χ1n) is 10.9. The summed E-state index contributed by atoms with van der Waals surface area (Å²) >= 11 is 0. The van der Waals surface area contributed by atoms with Crippen molar-refractivity contribution in [1.29, 1.82) is 0 Å². The van der Waals surface area contributed by atoms with Crippen molar-refractivity contribution in [2.24, 2.45) is 7.05 Å². The van der Waals surface area contributed by atoms with Crippen LogP contribution in [-0.2, 0) is 7.05 Å². The van der Waals surface area contributed by atoms with Crippen LogP contribution < -0.4 is 10.2 Å². The summed E-state index contributed by atoms with van der Waals surface area (Å²) in [5.74, 6) is 0.857. The molecule has 0 aliphatic heterocycles. The normalized spacial score (nSPS) is 11.2. The van der Waals surface area contributed by atoms with E-state index < -0.39 is 0 Å². The van der Waals surface area contributed by atoms with Crippen molar-refractivity contribution in [3.63, 3.8) is 0 Å². The fourth-order valence-corrected chi connectivity index (χ4v) is 3.99. The van der Waals surface area contributed by atoms with Gasteiger partial charge in [0.15, 0.2) is 0 Å². The van der Waals surface area contributed by atoms with E-state index in [0.29, 0.717) is 0 Å². The number of nitrogens with zero attached hydrogens (tertiary/aromatic N) is 4. The standard InChI is InChI=1S/C24H35N5/c1-7-9-14-29(15-10-8-2)21-13-11-12-20-23(21)28(6)24(26-20)27-22-17(3)16-18(4)25-19(22)5/h11-13,16H,7-10,14-15H2,1-6H3,(H,26,27). The first-order chi connectivity index (χ1) is 14.0. The Morgan fingerprint density at radius 3 is 2.31 bits per heavy atom. The summed E-state index contributed by atoms with van der Waals surface area (Å²) in [6.07, 6.45) is 4.82. The third-order valence-electron chi connectivity index (χ3n) is 5.54. The number of hydrogen-bond acceptors (Lipinski definition) is 4. The molecule has 0 atom stereocenters. The molecule has 5 heteroatoms. The molecule has 0 saturated heterocycles. The highest BCUT2D eigenvalue weighted by Crippen LogP contribution is 2.31. The van der Waals surface area contributed by atoms with Crippen molar-refractivity contribution >= 4 is 28.4 Å². The molecule has 0 aliphatic carbocycles. The molecule has 3 rings (SSSR count). The smallest absolute Gasteiger partial charge is 0.208 e. The van der Waals surface area contributed by atoms with Crippen molar-refractivity contribution in [2.75, 3.05) is 23.3 Å². The van der Waals surface area contributed by atoms with Crippen molar-refractivity contribution < 1.29 is 0 Å². The molecule has 156 valence electrons. The van der Waals surface area contributed by atoms with E-state index in [4.69, 9.17) is 4.98 Å². The number of rotatable bonds is 9. The molecule has 1 aromatic carbocycles. The number of nitrogens with one attached hydrogen (secondary N) is 1. The van der Waals surface area contributed by atoms with Crippen LogP contribution in [0.3, 0.4) is 0 Å². The molecular weight excluding hydrogens is 358 g/mol. The fraction of sp³-hybridized carbons (Fsp3) is 0.500. The molecule has 0 radical (unpaired) electrons. The molecule has 1 N–H and O–H groups in total. The number of benzene rings is 1. The SMILES string of the molecule is CCCCN(CCCC)c1cccc2nc(Nc3c(C)cc(C)nc3C)n(C)c12. The molecule has 2 heterocycles. The fourth-order valence-electron chi connectivity index (χ4n) is 3.99. The average Bonchev–Trinajstić information content (AvgIpc) is 3.01. The monoisotopic (exact) mass is 393 g/mol. The van der Waals surface area contributed by atoms with Gasteiger partial charge in [-0.2, -0.15) is 0 Å². The van der Waals surface area contributed by atoms with Crippen LogP contribution in [-0.4, -0.2) is 27.6 Å². The number of imidazole rings is 1. The lowest BCUT2D eigenvalue weighted by Gasteiger charge is -2.25. The number of fused-ring (bicyclic) bond motifs is 1.